The molecular formula is C30H49N3O4S. The molecule has 3 rings (SSSR count). The molecule has 3 aliphatic rings. The molecular weight excluding hydrogens is 498 g/mol. The van der Waals surface area contributed by atoms with Crippen LogP contribution in [0.5, 0.6) is 0 Å². The summed E-state index contributed by atoms with van der Waals surface area (Å²) in [5, 5.41) is 9.32. The molecule has 3 saturated heterocycles. The van der Waals surface area contributed by atoms with E-state index in [1.807, 2.05) is 14.7 Å². The largest absolute Gasteiger partial charge is 0.396 e. The highest BCUT2D eigenvalue weighted by Crippen LogP contribution is 2.68. The number of thioether (sulfide) groups is 1. The fraction of sp³-hybridized carbons (Fsp3) is 0.767. The molecule has 3 heterocycles. The summed E-state index contributed by atoms with van der Waals surface area (Å²) in [7, 11) is 0. The van der Waals surface area contributed by atoms with Crippen LogP contribution in [0.15, 0.2) is 25.3 Å². The molecule has 7 nitrogen and oxygen atoms in total. The van der Waals surface area contributed by atoms with Gasteiger partial charge in [0.25, 0.3) is 0 Å². The summed E-state index contributed by atoms with van der Waals surface area (Å²) >= 11 is 1.75. The first kappa shape index (κ1) is 30.7. The number of amides is 3. The van der Waals surface area contributed by atoms with Crippen molar-refractivity contribution in [2.45, 2.75) is 88.2 Å². The third-order valence-corrected chi connectivity index (χ3v) is 10.7. The molecule has 214 valence electrons. The van der Waals surface area contributed by atoms with Crippen LogP contribution in [0.2, 0.25) is 0 Å². The van der Waals surface area contributed by atoms with Gasteiger partial charge in [-0.3, -0.25) is 14.4 Å². The molecule has 8 heteroatoms. The molecule has 3 aliphatic heterocycles. The molecule has 6 atom stereocenters. The van der Waals surface area contributed by atoms with E-state index in [2.05, 4.69) is 33.9 Å². The number of rotatable bonds is 17. The average Bonchev–Trinajstić information content (AvgIpc) is 3.49. The van der Waals surface area contributed by atoms with Gasteiger partial charge in [-0.2, -0.15) is 0 Å². The lowest BCUT2D eigenvalue weighted by Crippen LogP contribution is -2.57. The number of carbonyl (C=O) groups excluding carboxylic acids is 3. The second-order valence-electron chi connectivity index (χ2n) is 11.2. The number of hydrogen-bond acceptors (Lipinski definition) is 5. The zero-order valence-corrected chi connectivity index (χ0v) is 24.6. The molecule has 0 aliphatic carbocycles. The maximum atomic E-state index is 14.4. The van der Waals surface area contributed by atoms with Crippen LogP contribution in [0.4, 0.5) is 0 Å². The smallest absolute Gasteiger partial charge is 0.247 e. The number of carbonyl (C=O) groups is 3. The normalized spacial score (nSPS) is 29.4. The van der Waals surface area contributed by atoms with Gasteiger partial charge in [-0.25, -0.2) is 0 Å². The SMILES string of the molecule is C=CCN(CCCCC)C(=O)C1N(CCCCCO)C(=O)[C@@H]2[C@@H](C(=O)N(CC=C)CCC)[C@H]3CC(C)C12S3. The summed E-state index contributed by atoms with van der Waals surface area (Å²) in [6, 6.07) is -0.572. The average molecular weight is 548 g/mol. The Morgan fingerprint density at radius 3 is 2.32 bits per heavy atom. The fourth-order valence-electron chi connectivity index (χ4n) is 6.99. The standard InChI is InChI=1S/C30H49N3O4S/c1-6-10-12-18-32(17-9-4)29(37)26-30-22(5)21-23(38-30)24(27(35)31(15-7-2)16-8-3)25(30)28(36)33(26)19-13-11-14-20-34/h7,9,22-26,34H,2,4,6,8,10-21H2,1,3,5H3/t22?,23-,24+,25+,26?,30?/m1/s1. The van der Waals surface area contributed by atoms with Crippen molar-refractivity contribution in [2.75, 3.05) is 39.3 Å². The third-order valence-electron chi connectivity index (χ3n) is 8.67. The van der Waals surface area contributed by atoms with Crippen molar-refractivity contribution in [3.63, 3.8) is 0 Å². The van der Waals surface area contributed by atoms with E-state index in [1.54, 1.807) is 23.9 Å². The van der Waals surface area contributed by atoms with E-state index < -0.39 is 22.6 Å². The molecule has 0 aromatic heterocycles. The van der Waals surface area contributed by atoms with Gasteiger partial charge in [-0.05, 0) is 44.4 Å². The number of hydrogen-bond donors (Lipinski definition) is 1. The van der Waals surface area contributed by atoms with Gasteiger partial charge in [-0.1, -0.05) is 45.8 Å². The van der Waals surface area contributed by atoms with Crippen LogP contribution in [0.3, 0.4) is 0 Å². The van der Waals surface area contributed by atoms with Crippen LogP contribution >= 0.6 is 11.8 Å². The monoisotopic (exact) mass is 547 g/mol. The van der Waals surface area contributed by atoms with Gasteiger partial charge in [0.15, 0.2) is 0 Å². The molecule has 38 heavy (non-hydrogen) atoms. The van der Waals surface area contributed by atoms with Gasteiger partial charge in [0, 0.05) is 44.6 Å². The number of likely N-dealkylation sites (tertiary alicyclic amines) is 1. The highest BCUT2D eigenvalue weighted by Gasteiger charge is 2.76. The Morgan fingerprint density at radius 2 is 1.71 bits per heavy atom. The van der Waals surface area contributed by atoms with E-state index in [-0.39, 0.29) is 35.5 Å². The Balaban J connectivity index is 2.01. The van der Waals surface area contributed by atoms with Crippen molar-refractivity contribution in [2.24, 2.45) is 17.8 Å². The minimum atomic E-state index is -0.591. The van der Waals surface area contributed by atoms with Crippen molar-refractivity contribution in [3.8, 4) is 0 Å². The van der Waals surface area contributed by atoms with Gasteiger partial charge in [0.2, 0.25) is 17.7 Å². The highest BCUT2D eigenvalue weighted by molar-refractivity contribution is 8.02. The lowest BCUT2D eigenvalue weighted by molar-refractivity contribution is -0.144. The third kappa shape index (κ3) is 5.72. The maximum absolute atomic E-state index is 14.4. The van der Waals surface area contributed by atoms with Crippen LogP contribution < -0.4 is 0 Å². The topological polar surface area (TPSA) is 81.2 Å². The Hall–Kier alpha value is -1.80. The predicted octanol–water partition coefficient (Wildman–Crippen LogP) is 4.12. The molecule has 3 amide bonds. The summed E-state index contributed by atoms with van der Waals surface area (Å²) in [6.45, 7) is 16.9. The van der Waals surface area contributed by atoms with Gasteiger partial charge in [0.1, 0.15) is 6.04 Å². The van der Waals surface area contributed by atoms with Crippen molar-refractivity contribution in [1.82, 2.24) is 14.7 Å². The van der Waals surface area contributed by atoms with Crippen LogP contribution in [-0.2, 0) is 14.4 Å². The summed E-state index contributed by atoms with van der Waals surface area (Å²) in [4.78, 5) is 48.2. The van der Waals surface area contributed by atoms with E-state index in [9.17, 15) is 19.5 Å². The van der Waals surface area contributed by atoms with Crippen molar-refractivity contribution in [3.05, 3.63) is 25.3 Å². The van der Waals surface area contributed by atoms with Crippen molar-refractivity contribution >= 4 is 29.5 Å². The number of nitrogens with zero attached hydrogens (tertiary/aromatic N) is 3. The minimum absolute atomic E-state index is 0.00335. The van der Waals surface area contributed by atoms with Gasteiger partial charge >= 0.3 is 0 Å². The number of fused-ring (bicyclic) bond motifs is 1. The fourth-order valence-corrected chi connectivity index (χ4v) is 9.40. The molecule has 0 aromatic rings. The number of aliphatic hydroxyl groups excluding tert-OH is 1. The molecule has 3 fully saturated rings. The summed E-state index contributed by atoms with van der Waals surface area (Å²) in [5.41, 5.74) is 0. The van der Waals surface area contributed by atoms with E-state index in [0.29, 0.717) is 39.1 Å². The predicted molar refractivity (Wildman–Crippen MR) is 155 cm³/mol. The lowest BCUT2D eigenvalue weighted by atomic mass is 9.65. The molecule has 0 saturated carbocycles. The van der Waals surface area contributed by atoms with Gasteiger partial charge in [0.05, 0.1) is 16.6 Å². The van der Waals surface area contributed by atoms with Crippen LogP contribution in [0, 0.1) is 17.8 Å². The van der Waals surface area contributed by atoms with Crippen LogP contribution in [-0.4, -0.2) is 92.9 Å². The van der Waals surface area contributed by atoms with E-state index in [1.165, 1.54) is 0 Å². The Morgan fingerprint density at radius 1 is 1.03 bits per heavy atom. The summed E-state index contributed by atoms with van der Waals surface area (Å²) in [6.07, 6.45) is 10.5. The molecule has 0 aromatic carbocycles. The first-order valence-corrected chi connectivity index (χ1v) is 15.6. The lowest BCUT2D eigenvalue weighted by Gasteiger charge is -2.41. The van der Waals surface area contributed by atoms with Crippen LogP contribution in [0.25, 0.3) is 0 Å². The first-order valence-electron chi connectivity index (χ1n) is 14.7. The minimum Gasteiger partial charge on any atom is -0.396 e. The molecule has 1 N–H and O–H groups in total. The van der Waals surface area contributed by atoms with E-state index in [4.69, 9.17) is 0 Å². The van der Waals surface area contributed by atoms with Gasteiger partial charge < -0.3 is 19.8 Å². The molecule has 1 spiro atoms. The molecule has 0 radical (unpaired) electrons. The van der Waals surface area contributed by atoms with E-state index >= 15 is 0 Å². The number of unbranched alkanes of at least 4 members (excludes halogenated alkanes) is 4. The Kier molecular flexibility index (Phi) is 11.3. The summed E-state index contributed by atoms with van der Waals surface area (Å²) < 4.78 is -0.591. The molecule has 3 unspecified atom stereocenters. The summed E-state index contributed by atoms with van der Waals surface area (Å²) in [5.74, 6) is -0.715. The first-order chi connectivity index (χ1) is 18.3. The second kappa shape index (κ2) is 14.0. The van der Waals surface area contributed by atoms with Gasteiger partial charge in [-0.15, -0.1) is 24.9 Å². The maximum Gasteiger partial charge on any atom is 0.247 e. The number of aliphatic hydroxyl groups is 1. The second-order valence-corrected chi connectivity index (χ2v) is 12.8. The molecule has 2 bridgehead atoms. The Bertz CT molecular complexity index is 866. The zero-order chi connectivity index (χ0) is 27.9. The van der Waals surface area contributed by atoms with Crippen LogP contribution in [0.1, 0.15) is 72.1 Å². The van der Waals surface area contributed by atoms with Crippen molar-refractivity contribution < 1.29 is 19.5 Å². The van der Waals surface area contributed by atoms with E-state index in [0.717, 1.165) is 44.9 Å². The van der Waals surface area contributed by atoms with Crippen molar-refractivity contribution in [1.29, 1.82) is 0 Å². The zero-order valence-electron chi connectivity index (χ0n) is 23.8. The Labute approximate surface area is 234 Å². The highest BCUT2D eigenvalue weighted by atomic mass is 32.2. The quantitative estimate of drug-likeness (QED) is 0.219.